The lowest BCUT2D eigenvalue weighted by Gasteiger charge is -2.35. The lowest BCUT2D eigenvalue weighted by atomic mass is 9.89. The molecule has 0 aliphatic heterocycles. The van der Waals surface area contributed by atoms with Crippen molar-refractivity contribution in [1.29, 1.82) is 0 Å². The molecule has 28 heavy (non-hydrogen) atoms. The molecule has 0 aromatic heterocycles. The van der Waals surface area contributed by atoms with E-state index in [0.717, 1.165) is 56.9 Å². The molecular weight excluding hydrogens is 398 g/mol. The molecule has 8 heteroatoms. The van der Waals surface area contributed by atoms with E-state index in [1.54, 1.807) is 27.7 Å². The summed E-state index contributed by atoms with van der Waals surface area (Å²) in [5.74, 6) is 0. The van der Waals surface area contributed by atoms with Gasteiger partial charge in [0.15, 0.2) is 5.40 Å². The number of allylic oxidation sites excluding steroid dienone is 2. The zero-order valence-electron chi connectivity index (χ0n) is 18.4. The highest BCUT2D eigenvalue weighted by atomic mass is 31.2. The van der Waals surface area contributed by atoms with Gasteiger partial charge in [-0.3, -0.25) is 9.13 Å². The van der Waals surface area contributed by atoms with Crippen LogP contribution in [0.3, 0.4) is 0 Å². The minimum atomic E-state index is -3.73. The van der Waals surface area contributed by atoms with Crippen molar-refractivity contribution in [3.05, 3.63) is 11.1 Å². The summed E-state index contributed by atoms with van der Waals surface area (Å²) in [6, 6.07) is 0. The summed E-state index contributed by atoms with van der Waals surface area (Å²) >= 11 is 0. The highest BCUT2D eigenvalue weighted by molar-refractivity contribution is 7.73. The molecule has 1 rings (SSSR count). The van der Waals surface area contributed by atoms with Crippen LogP contribution in [0.2, 0.25) is 0 Å². The topological polar surface area (TPSA) is 71.1 Å². The quantitative estimate of drug-likeness (QED) is 0.152. The van der Waals surface area contributed by atoms with Crippen molar-refractivity contribution in [3.63, 3.8) is 0 Å². The van der Waals surface area contributed by atoms with Crippen LogP contribution in [0.25, 0.3) is 0 Å². The van der Waals surface area contributed by atoms with Gasteiger partial charge in [-0.1, -0.05) is 25.3 Å². The average molecular weight is 438 g/mol. The van der Waals surface area contributed by atoms with E-state index in [1.807, 2.05) is 0 Å². The van der Waals surface area contributed by atoms with Gasteiger partial charge in [0.1, 0.15) is 0 Å². The second-order valence-corrected chi connectivity index (χ2v) is 11.5. The number of rotatable bonds is 15. The molecule has 0 N–H and O–H groups in total. The van der Waals surface area contributed by atoms with Gasteiger partial charge in [0.2, 0.25) is 0 Å². The maximum absolute atomic E-state index is 13.9. The Morgan fingerprint density at radius 3 is 1.64 bits per heavy atom. The minimum absolute atomic E-state index is 0.213. The molecule has 166 valence electrons. The van der Waals surface area contributed by atoms with Crippen molar-refractivity contribution < 1.29 is 27.2 Å². The standard InChI is InChI=1S/C20H40O6P2/c1-6-11-12-15-18-16-13-14-17-19(18)20(27(21,23-7-2)24-8-3)28(22,25-9-4)26-10-5/h20H,6-17H2,1-5H3. The smallest absolute Gasteiger partial charge is 0.308 e. The molecule has 0 fully saturated rings. The van der Waals surface area contributed by atoms with Crippen molar-refractivity contribution in [2.75, 3.05) is 26.4 Å². The number of hydrogen-bond donors (Lipinski definition) is 0. The first-order chi connectivity index (χ1) is 13.4. The molecule has 6 nitrogen and oxygen atoms in total. The van der Waals surface area contributed by atoms with Crippen LogP contribution in [0.5, 0.6) is 0 Å². The fourth-order valence-electron chi connectivity index (χ4n) is 3.81. The van der Waals surface area contributed by atoms with Crippen molar-refractivity contribution in [2.45, 2.75) is 91.4 Å². The van der Waals surface area contributed by atoms with Crippen molar-refractivity contribution in [2.24, 2.45) is 0 Å². The van der Waals surface area contributed by atoms with Gasteiger partial charge in [-0.15, -0.1) is 0 Å². The first-order valence-corrected chi connectivity index (χ1v) is 14.1. The molecule has 0 aromatic rings. The molecule has 0 bridgehead atoms. The van der Waals surface area contributed by atoms with E-state index in [9.17, 15) is 9.13 Å². The third-order valence-corrected chi connectivity index (χ3v) is 10.8. The Hall–Kier alpha value is 0.0400. The molecule has 0 saturated carbocycles. The molecule has 1 aliphatic carbocycles. The predicted octanol–water partition coefficient (Wildman–Crippen LogP) is 7.30. The number of hydrogen-bond acceptors (Lipinski definition) is 6. The maximum atomic E-state index is 13.9. The van der Waals surface area contributed by atoms with Gasteiger partial charge < -0.3 is 18.1 Å². The fraction of sp³-hybridized carbons (Fsp3) is 0.900. The molecule has 1 aliphatic rings. The Morgan fingerprint density at radius 1 is 0.750 bits per heavy atom. The second kappa shape index (κ2) is 13.4. The van der Waals surface area contributed by atoms with Crippen molar-refractivity contribution in [1.82, 2.24) is 0 Å². The van der Waals surface area contributed by atoms with E-state index in [-0.39, 0.29) is 26.4 Å². The third-order valence-electron chi connectivity index (χ3n) is 4.86. The molecule has 0 radical (unpaired) electrons. The van der Waals surface area contributed by atoms with E-state index >= 15 is 0 Å². The van der Waals surface area contributed by atoms with Crippen molar-refractivity contribution >= 4 is 15.2 Å². The minimum Gasteiger partial charge on any atom is -0.308 e. The second-order valence-electron chi connectivity index (χ2n) is 6.92. The SMILES string of the molecule is CCCCCC1=C(C(P(=O)(OCC)OCC)P(=O)(OCC)OCC)CCCC1. The number of unbranched alkanes of at least 4 members (excludes halogenated alkanes) is 2. The van der Waals surface area contributed by atoms with Gasteiger partial charge in [0.05, 0.1) is 26.4 Å². The summed E-state index contributed by atoms with van der Waals surface area (Å²) in [7, 11) is -7.45. The zero-order chi connectivity index (χ0) is 21.0. The summed E-state index contributed by atoms with van der Waals surface area (Å²) < 4.78 is 50.4. The van der Waals surface area contributed by atoms with Crippen LogP contribution in [-0.2, 0) is 27.2 Å². The summed E-state index contributed by atoms with van der Waals surface area (Å²) in [6.07, 6.45) is 8.02. The summed E-state index contributed by atoms with van der Waals surface area (Å²) in [4.78, 5) is 0. The predicted molar refractivity (Wildman–Crippen MR) is 115 cm³/mol. The normalized spacial score (nSPS) is 16.2. The van der Waals surface area contributed by atoms with Gasteiger partial charge >= 0.3 is 15.2 Å². The molecule has 0 aromatic carbocycles. The molecule has 0 heterocycles. The first kappa shape index (κ1) is 26.1. The zero-order valence-corrected chi connectivity index (χ0v) is 20.2. The summed E-state index contributed by atoms with van der Waals surface area (Å²) in [5, 5.41) is -0.975. The maximum Gasteiger partial charge on any atom is 0.349 e. The Labute approximate surface area is 171 Å². The molecule has 0 amide bonds. The summed E-state index contributed by atoms with van der Waals surface area (Å²) in [5.41, 5.74) is 2.17. The van der Waals surface area contributed by atoms with E-state index in [2.05, 4.69) is 6.92 Å². The first-order valence-electron chi connectivity index (χ1n) is 10.9. The average Bonchev–Trinajstić information content (AvgIpc) is 2.64. The largest absolute Gasteiger partial charge is 0.349 e. The van der Waals surface area contributed by atoms with Crippen LogP contribution < -0.4 is 0 Å². The summed E-state index contributed by atoms with van der Waals surface area (Å²) in [6.45, 7) is 10.1. The van der Waals surface area contributed by atoms with Gasteiger partial charge in [0.25, 0.3) is 0 Å². The molecular formula is C20H40O6P2. The van der Waals surface area contributed by atoms with Crippen LogP contribution in [0.4, 0.5) is 0 Å². The molecule has 0 saturated heterocycles. The van der Waals surface area contributed by atoms with Gasteiger partial charge in [-0.05, 0) is 71.8 Å². The van der Waals surface area contributed by atoms with Gasteiger partial charge in [-0.2, -0.15) is 0 Å². The van der Waals surface area contributed by atoms with Crippen LogP contribution in [0.15, 0.2) is 11.1 Å². The Balaban J connectivity index is 3.53. The molecule has 0 unspecified atom stereocenters. The third kappa shape index (κ3) is 7.07. The van der Waals surface area contributed by atoms with Crippen LogP contribution in [0.1, 0.15) is 86.0 Å². The van der Waals surface area contributed by atoms with Gasteiger partial charge in [-0.25, -0.2) is 0 Å². The molecule has 0 atom stereocenters. The Morgan fingerprint density at radius 2 is 1.21 bits per heavy atom. The van der Waals surface area contributed by atoms with Gasteiger partial charge in [0, 0.05) is 0 Å². The Kier molecular flexibility index (Phi) is 12.4. The van der Waals surface area contributed by atoms with E-state index in [4.69, 9.17) is 18.1 Å². The van der Waals surface area contributed by atoms with Crippen molar-refractivity contribution in [3.8, 4) is 0 Å². The van der Waals surface area contributed by atoms with E-state index in [0.29, 0.717) is 0 Å². The van der Waals surface area contributed by atoms with Crippen LogP contribution >= 0.6 is 15.2 Å². The van der Waals surface area contributed by atoms with E-state index in [1.165, 1.54) is 5.57 Å². The monoisotopic (exact) mass is 438 g/mol. The Bertz CT molecular complexity index is 525. The highest BCUT2D eigenvalue weighted by Crippen LogP contribution is 2.73. The molecule has 0 spiro atoms. The lowest BCUT2D eigenvalue weighted by molar-refractivity contribution is 0.198. The van der Waals surface area contributed by atoms with E-state index < -0.39 is 20.6 Å². The highest BCUT2D eigenvalue weighted by Gasteiger charge is 2.53. The fourth-order valence-corrected chi connectivity index (χ4v) is 9.53. The van der Waals surface area contributed by atoms with Crippen LogP contribution in [0, 0.1) is 0 Å². The van der Waals surface area contributed by atoms with Crippen LogP contribution in [-0.4, -0.2) is 31.8 Å². The lowest BCUT2D eigenvalue weighted by Crippen LogP contribution is -2.22.